The van der Waals surface area contributed by atoms with Crippen LogP contribution in [-0.2, 0) is 18.4 Å². The van der Waals surface area contributed by atoms with Gasteiger partial charge < -0.3 is 9.88 Å². The summed E-state index contributed by atoms with van der Waals surface area (Å²) in [7, 11) is 1.86. The molecule has 1 fully saturated rings. The third-order valence-electron chi connectivity index (χ3n) is 3.47. The molecular formula is C13H20F2N4O. The van der Waals surface area contributed by atoms with Crippen molar-refractivity contribution < 1.29 is 13.6 Å². The minimum Gasteiger partial charge on any atom is -0.350 e. The van der Waals surface area contributed by atoms with Gasteiger partial charge >= 0.3 is 0 Å². The number of halogens is 2. The monoisotopic (exact) mass is 286 g/mol. The Balaban J connectivity index is 1.79. The van der Waals surface area contributed by atoms with Crippen molar-refractivity contribution in [3.63, 3.8) is 0 Å². The molecule has 1 aliphatic heterocycles. The number of carbonyl (C=O) groups is 1. The van der Waals surface area contributed by atoms with E-state index in [0.717, 1.165) is 18.5 Å². The van der Waals surface area contributed by atoms with Gasteiger partial charge in [-0.15, -0.1) is 0 Å². The van der Waals surface area contributed by atoms with Crippen molar-refractivity contribution in [2.24, 2.45) is 13.0 Å². The Labute approximate surface area is 117 Å². The zero-order valence-electron chi connectivity index (χ0n) is 11.6. The van der Waals surface area contributed by atoms with Gasteiger partial charge in [0.2, 0.25) is 5.91 Å². The van der Waals surface area contributed by atoms with Crippen molar-refractivity contribution in [2.75, 3.05) is 19.6 Å². The SMILES string of the molecule is Cn1cnc(CNC(=O)C2CCCN(CC(F)F)C2)c1. The molecule has 1 atom stereocenters. The van der Waals surface area contributed by atoms with Gasteiger partial charge in [-0.2, -0.15) is 0 Å². The number of alkyl halides is 2. The van der Waals surface area contributed by atoms with Crippen LogP contribution in [0.25, 0.3) is 0 Å². The quantitative estimate of drug-likeness (QED) is 0.879. The van der Waals surface area contributed by atoms with Gasteiger partial charge in [0.25, 0.3) is 6.43 Å². The maximum Gasteiger partial charge on any atom is 0.251 e. The average Bonchev–Trinajstić information content (AvgIpc) is 2.81. The Morgan fingerprint density at radius 3 is 3.05 bits per heavy atom. The molecular weight excluding hydrogens is 266 g/mol. The minimum atomic E-state index is -2.34. The fourth-order valence-corrected chi connectivity index (χ4v) is 2.51. The number of aryl methyl sites for hydroxylation is 1. The molecule has 1 amide bonds. The standard InChI is InChI=1S/C13H20F2N4O/c1-18-7-11(17-9-18)5-16-13(20)10-3-2-4-19(6-10)8-12(14)15/h7,9-10,12H,2-6,8H2,1H3,(H,16,20). The predicted molar refractivity (Wildman–Crippen MR) is 70.2 cm³/mol. The number of imidazole rings is 1. The van der Waals surface area contributed by atoms with E-state index in [-0.39, 0.29) is 18.4 Å². The van der Waals surface area contributed by atoms with E-state index in [0.29, 0.717) is 19.6 Å². The lowest BCUT2D eigenvalue weighted by molar-refractivity contribution is -0.127. The summed E-state index contributed by atoms with van der Waals surface area (Å²) in [4.78, 5) is 17.8. The molecule has 1 aromatic rings. The van der Waals surface area contributed by atoms with Gasteiger partial charge in [0.15, 0.2) is 0 Å². The molecule has 0 radical (unpaired) electrons. The molecule has 2 rings (SSSR count). The van der Waals surface area contributed by atoms with Gasteiger partial charge in [-0.3, -0.25) is 9.69 Å². The molecule has 1 aliphatic rings. The molecule has 0 aromatic carbocycles. The second-order valence-corrected chi connectivity index (χ2v) is 5.24. The van der Waals surface area contributed by atoms with Gasteiger partial charge in [0.05, 0.1) is 31.0 Å². The number of nitrogens with zero attached hydrogens (tertiary/aromatic N) is 3. The Hall–Kier alpha value is -1.50. The second kappa shape index (κ2) is 6.78. The number of hydrogen-bond donors (Lipinski definition) is 1. The number of aromatic nitrogens is 2. The molecule has 0 saturated carbocycles. The highest BCUT2D eigenvalue weighted by molar-refractivity contribution is 5.78. The second-order valence-electron chi connectivity index (χ2n) is 5.24. The first-order valence-corrected chi connectivity index (χ1v) is 6.79. The fourth-order valence-electron chi connectivity index (χ4n) is 2.51. The molecule has 7 heteroatoms. The average molecular weight is 286 g/mol. The Kier molecular flexibility index (Phi) is 5.05. The van der Waals surface area contributed by atoms with E-state index in [1.807, 2.05) is 17.8 Å². The summed E-state index contributed by atoms with van der Waals surface area (Å²) in [5.74, 6) is -0.277. The van der Waals surface area contributed by atoms with E-state index in [4.69, 9.17) is 0 Å². The summed E-state index contributed by atoms with van der Waals surface area (Å²) in [6.07, 6.45) is 2.71. The Bertz CT molecular complexity index is 449. The van der Waals surface area contributed by atoms with E-state index in [1.165, 1.54) is 0 Å². The van der Waals surface area contributed by atoms with Crippen molar-refractivity contribution in [1.82, 2.24) is 19.8 Å². The highest BCUT2D eigenvalue weighted by Crippen LogP contribution is 2.17. The van der Waals surface area contributed by atoms with E-state index in [9.17, 15) is 13.6 Å². The number of rotatable bonds is 5. The van der Waals surface area contributed by atoms with E-state index in [1.54, 1.807) is 11.2 Å². The Morgan fingerprint density at radius 2 is 2.40 bits per heavy atom. The third-order valence-corrected chi connectivity index (χ3v) is 3.47. The molecule has 0 aliphatic carbocycles. The van der Waals surface area contributed by atoms with Crippen LogP contribution in [0, 0.1) is 5.92 Å². The minimum absolute atomic E-state index is 0.0744. The van der Waals surface area contributed by atoms with Gasteiger partial charge in [-0.25, -0.2) is 13.8 Å². The maximum atomic E-state index is 12.4. The van der Waals surface area contributed by atoms with Crippen LogP contribution in [0.2, 0.25) is 0 Å². The van der Waals surface area contributed by atoms with Crippen molar-refractivity contribution in [3.8, 4) is 0 Å². The lowest BCUT2D eigenvalue weighted by Crippen LogP contribution is -2.44. The fraction of sp³-hybridized carbons (Fsp3) is 0.692. The van der Waals surface area contributed by atoms with Gasteiger partial charge in [0.1, 0.15) is 0 Å². The van der Waals surface area contributed by atoms with E-state index >= 15 is 0 Å². The first kappa shape index (κ1) is 14.9. The number of nitrogens with one attached hydrogen (secondary N) is 1. The van der Waals surface area contributed by atoms with Crippen LogP contribution >= 0.6 is 0 Å². The van der Waals surface area contributed by atoms with Crippen LogP contribution in [0.3, 0.4) is 0 Å². The zero-order chi connectivity index (χ0) is 14.5. The van der Waals surface area contributed by atoms with E-state index < -0.39 is 6.43 Å². The molecule has 1 saturated heterocycles. The van der Waals surface area contributed by atoms with Crippen LogP contribution in [0.4, 0.5) is 8.78 Å². The van der Waals surface area contributed by atoms with Crippen molar-refractivity contribution >= 4 is 5.91 Å². The number of hydrogen-bond acceptors (Lipinski definition) is 3. The highest BCUT2D eigenvalue weighted by Gasteiger charge is 2.26. The summed E-state index contributed by atoms with van der Waals surface area (Å²) >= 11 is 0. The van der Waals surface area contributed by atoms with Crippen LogP contribution in [0.5, 0.6) is 0 Å². The molecule has 112 valence electrons. The number of carbonyl (C=O) groups excluding carboxylic acids is 1. The first-order chi connectivity index (χ1) is 9.54. The summed E-state index contributed by atoms with van der Waals surface area (Å²) in [6, 6.07) is 0. The maximum absolute atomic E-state index is 12.4. The lowest BCUT2D eigenvalue weighted by atomic mass is 9.97. The molecule has 0 bridgehead atoms. The summed E-state index contributed by atoms with van der Waals surface area (Å²) < 4.78 is 26.5. The molecule has 1 aromatic heterocycles. The van der Waals surface area contributed by atoms with Gasteiger partial charge in [0, 0.05) is 19.8 Å². The summed E-state index contributed by atoms with van der Waals surface area (Å²) in [5.41, 5.74) is 0.793. The van der Waals surface area contributed by atoms with E-state index in [2.05, 4.69) is 10.3 Å². The molecule has 1 unspecified atom stereocenters. The molecule has 1 N–H and O–H groups in total. The normalized spacial score (nSPS) is 20.3. The van der Waals surface area contributed by atoms with Crippen molar-refractivity contribution in [3.05, 3.63) is 18.2 Å². The molecule has 20 heavy (non-hydrogen) atoms. The highest BCUT2D eigenvalue weighted by atomic mass is 19.3. The van der Waals surface area contributed by atoms with Crippen molar-refractivity contribution in [2.45, 2.75) is 25.8 Å². The van der Waals surface area contributed by atoms with Crippen molar-refractivity contribution in [1.29, 1.82) is 0 Å². The molecule has 0 spiro atoms. The van der Waals surface area contributed by atoms with Crippen LogP contribution in [-0.4, -0.2) is 46.4 Å². The van der Waals surface area contributed by atoms with Crippen LogP contribution in [0.1, 0.15) is 18.5 Å². The number of likely N-dealkylation sites (tertiary alicyclic amines) is 1. The number of amides is 1. The molecule has 2 heterocycles. The number of piperidine rings is 1. The predicted octanol–water partition coefficient (Wildman–Crippen LogP) is 1.01. The molecule has 5 nitrogen and oxygen atoms in total. The first-order valence-electron chi connectivity index (χ1n) is 6.79. The summed E-state index contributed by atoms with van der Waals surface area (Å²) in [5, 5.41) is 2.83. The third kappa shape index (κ3) is 4.26. The summed E-state index contributed by atoms with van der Waals surface area (Å²) in [6.45, 7) is 1.20. The smallest absolute Gasteiger partial charge is 0.251 e. The topological polar surface area (TPSA) is 50.2 Å². The van der Waals surface area contributed by atoms with Gasteiger partial charge in [-0.05, 0) is 19.4 Å². The Morgan fingerprint density at radius 1 is 1.60 bits per heavy atom. The lowest BCUT2D eigenvalue weighted by Gasteiger charge is -2.31. The zero-order valence-corrected chi connectivity index (χ0v) is 11.6. The largest absolute Gasteiger partial charge is 0.350 e. The van der Waals surface area contributed by atoms with Crippen LogP contribution < -0.4 is 5.32 Å². The van der Waals surface area contributed by atoms with Crippen LogP contribution in [0.15, 0.2) is 12.5 Å². The van der Waals surface area contributed by atoms with Gasteiger partial charge in [-0.1, -0.05) is 0 Å².